The summed E-state index contributed by atoms with van der Waals surface area (Å²) < 4.78 is 24.6. The van der Waals surface area contributed by atoms with E-state index in [0.29, 0.717) is 25.7 Å². The molecule has 0 saturated carbocycles. The summed E-state index contributed by atoms with van der Waals surface area (Å²) in [5, 5.41) is 2.99. The average molecular weight is 331 g/mol. The van der Waals surface area contributed by atoms with Crippen LogP contribution >= 0.6 is 0 Å². The highest BCUT2D eigenvalue weighted by Crippen LogP contribution is 2.19. The fraction of sp³-hybridized carbons (Fsp3) is 0.933. The van der Waals surface area contributed by atoms with Crippen LogP contribution in [-0.4, -0.2) is 68.6 Å². The molecule has 2 fully saturated rings. The number of nitrogens with one attached hydrogen (secondary N) is 1. The molecular formula is C15H29N3O3S. The Labute approximate surface area is 134 Å². The molecule has 7 heteroatoms. The zero-order valence-electron chi connectivity index (χ0n) is 13.8. The van der Waals surface area contributed by atoms with E-state index < -0.39 is 10.0 Å². The predicted octanol–water partition coefficient (Wildman–Crippen LogP) is 0.649. The highest BCUT2D eigenvalue weighted by Gasteiger charge is 2.30. The molecule has 0 aromatic rings. The largest absolute Gasteiger partial charge is 0.356 e. The topological polar surface area (TPSA) is 69.7 Å². The summed E-state index contributed by atoms with van der Waals surface area (Å²) in [5.41, 5.74) is 0. The number of amides is 1. The summed E-state index contributed by atoms with van der Waals surface area (Å²) in [7, 11) is -3.19. The first-order valence-corrected chi connectivity index (χ1v) is 10.2. The molecule has 6 nitrogen and oxygen atoms in total. The van der Waals surface area contributed by atoms with Crippen molar-refractivity contribution in [1.82, 2.24) is 14.5 Å². The Morgan fingerprint density at radius 2 is 1.91 bits per heavy atom. The number of carbonyl (C=O) groups is 1. The van der Waals surface area contributed by atoms with Gasteiger partial charge in [0, 0.05) is 25.7 Å². The smallest absolute Gasteiger partial charge is 0.224 e. The first kappa shape index (κ1) is 17.7. The minimum atomic E-state index is -3.19. The lowest BCUT2D eigenvalue weighted by Gasteiger charge is -2.30. The lowest BCUT2D eigenvalue weighted by molar-refractivity contribution is -0.126. The molecule has 2 aliphatic rings. The van der Waals surface area contributed by atoms with Crippen LogP contribution in [0.5, 0.6) is 0 Å². The maximum absolute atomic E-state index is 12.2. The Morgan fingerprint density at radius 3 is 2.55 bits per heavy atom. The zero-order valence-corrected chi connectivity index (χ0v) is 14.6. The molecule has 0 radical (unpaired) electrons. The molecule has 0 aliphatic carbocycles. The number of piperidine rings is 1. The van der Waals surface area contributed by atoms with Crippen LogP contribution in [0.25, 0.3) is 0 Å². The normalized spacial score (nSPS) is 26.0. The third-order valence-corrected chi connectivity index (χ3v) is 6.12. The van der Waals surface area contributed by atoms with Gasteiger partial charge in [-0.15, -0.1) is 0 Å². The van der Waals surface area contributed by atoms with E-state index in [-0.39, 0.29) is 11.8 Å². The van der Waals surface area contributed by atoms with Crippen molar-refractivity contribution in [1.29, 1.82) is 0 Å². The van der Waals surface area contributed by atoms with E-state index >= 15 is 0 Å². The molecule has 2 atom stereocenters. The number of hydrogen-bond donors (Lipinski definition) is 1. The fourth-order valence-electron chi connectivity index (χ4n) is 3.37. The van der Waals surface area contributed by atoms with Crippen LogP contribution in [0.3, 0.4) is 0 Å². The maximum atomic E-state index is 12.2. The van der Waals surface area contributed by atoms with E-state index in [9.17, 15) is 13.2 Å². The molecule has 0 bridgehead atoms. The highest BCUT2D eigenvalue weighted by atomic mass is 32.2. The van der Waals surface area contributed by atoms with Gasteiger partial charge in [-0.05, 0) is 52.1 Å². The average Bonchev–Trinajstić information content (AvgIpc) is 3.00. The number of nitrogens with zero attached hydrogens (tertiary/aromatic N) is 2. The van der Waals surface area contributed by atoms with Gasteiger partial charge in [0.05, 0.1) is 12.2 Å². The maximum Gasteiger partial charge on any atom is 0.224 e. The summed E-state index contributed by atoms with van der Waals surface area (Å²) in [4.78, 5) is 14.7. The minimum Gasteiger partial charge on any atom is -0.356 e. The number of sulfonamides is 1. The van der Waals surface area contributed by atoms with Crippen LogP contribution in [-0.2, 0) is 14.8 Å². The molecule has 2 saturated heterocycles. The van der Waals surface area contributed by atoms with Crippen molar-refractivity contribution in [2.75, 3.05) is 39.0 Å². The third-order valence-electron chi connectivity index (χ3n) is 4.85. The summed E-state index contributed by atoms with van der Waals surface area (Å²) in [6.45, 7) is 6.08. The third kappa shape index (κ3) is 4.93. The molecule has 0 aromatic carbocycles. The summed E-state index contributed by atoms with van der Waals surface area (Å²) in [6, 6.07) is 0.502. The van der Waals surface area contributed by atoms with Crippen LogP contribution in [0.15, 0.2) is 0 Å². The van der Waals surface area contributed by atoms with Crippen molar-refractivity contribution in [2.45, 2.75) is 45.1 Å². The SMILES string of the molecule is C[C@H](CCNC(=O)[C@H]1CCCN(S(C)(=O)=O)C1)N1CCCC1. The first-order chi connectivity index (χ1) is 10.4. The van der Waals surface area contributed by atoms with E-state index in [0.717, 1.165) is 19.3 Å². The van der Waals surface area contributed by atoms with Crippen molar-refractivity contribution in [3.8, 4) is 0 Å². The summed E-state index contributed by atoms with van der Waals surface area (Å²) in [6.07, 6.45) is 6.26. The second-order valence-corrected chi connectivity index (χ2v) is 8.61. The van der Waals surface area contributed by atoms with Gasteiger partial charge in [0.1, 0.15) is 0 Å². The Balaban J connectivity index is 1.72. The lowest BCUT2D eigenvalue weighted by Crippen LogP contribution is -2.45. The highest BCUT2D eigenvalue weighted by molar-refractivity contribution is 7.88. The number of likely N-dealkylation sites (tertiary alicyclic amines) is 1. The molecule has 2 rings (SSSR count). The van der Waals surface area contributed by atoms with Crippen molar-refractivity contribution >= 4 is 15.9 Å². The van der Waals surface area contributed by atoms with Gasteiger partial charge in [-0.2, -0.15) is 0 Å². The van der Waals surface area contributed by atoms with E-state index in [1.54, 1.807) is 0 Å². The van der Waals surface area contributed by atoms with E-state index in [4.69, 9.17) is 0 Å². The predicted molar refractivity (Wildman–Crippen MR) is 87.0 cm³/mol. The molecule has 22 heavy (non-hydrogen) atoms. The number of rotatable bonds is 6. The van der Waals surface area contributed by atoms with Crippen molar-refractivity contribution in [2.24, 2.45) is 5.92 Å². The Morgan fingerprint density at radius 1 is 1.23 bits per heavy atom. The number of carbonyl (C=O) groups excluding carboxylic acids is 1. The molecule has 1 amide bonds. The number of hydrogen-bond acceptors (Lipinski definition) is 4. The zero-order chi connectivity index (χ0) is 16.2. The van der Waals surface area contributed by atoms with Crippen molar-refractivity contribution in [3.63, 3.8) is 0 Å². The minimum absolute atomic E-state index is 0.00183. The molecule has 2 aliphatic heterocycles. The van der Waals surface area contributed by atoms with Crippen LogP contribution < -0.4 is 5.32 Å². The van der Waals surface area contributed by atoms with E-state index in [1.807, 2.05) is 0 Å². The van der Waals surface area contributed by atoms with Gasteiger partial charge in [-0.25, -0.2) is 12.7 Å². The van der Waals surface area contributed by atoms with Crippen LogP contribution in [0.2, 0.25) is 0 Å². The molecule has 0 aromatic heterocycles. The Hall–Kier alpha value is -0.660. The second-order valence-electron chi connectivity index (χ2n) is 6.63. The van der Waals surface area contributed by atoms with Crippen LogP contribution in [0.1, 0.15) is 39.0 Å². The molecular weight excluding hydrogens is 302 g/mol. The standard InChI is InChI=1S/C15H29N3O3S/c1-13(17-9-3-4-10-17)7-8-16-15(19)14-6-5-11-18(12-14)22(2,20)21/h13-14H,3-12H2,1-2H3,(H,16,19)/t13-,14+/m1/s1. The molecule has 0 unspecified atom stereocenters. The summed E-state index contributed by atoms with van der Waals surface area (Å²) >= 11 is 0. The van der Waals surface area contributed by atoms with E-state index in [2.05, 4.69) is 17.1 Å². The van der Waals surface area contributed by atoms with Gasteiger partial charge in [-0.1, -0.05) is 0 Å². The Bertz CT molecular complexity index is 474. The quantitative estimate of drug-likeness (QED) is 0.776. The molecule has 2 heterocycles. The van der Waals surface area contributed by atoms with Gasteiger partial charge < -0.3 is 10.2 Å². The van der Waals surface area contributed by atoms with Crippen LogP contribution in [0.4, 0.5) is 0 Å². The van der Waals surface area contributed by atoms with Crippen molar-refractivity contribution in [3.05, 3.63) is 0 Å². The first-order valence-electron chi connectivity index (χ1n) is 8.35. The fourth-order valence-corrected chi connectivity index (χ4v) is 4.28. The molecule has 128 valence electrons. The summed E-state index contributed by atoms with van der Waals surface area (Å²) in [5.74, 6) is -0.201. The van der Waals surface area contributed by atoms with E-state index in [1.165, 1.54) is 36.5 Å². The van der Waals surface area contributed by atoms with Gasteiger partial charge in [-0.3, -0.25) is 4.79 Å². The second kappa shape index (κ2) is 7.75. The monoisotopic (exact) mass is 331 g/mol. The van der Waals surface area contributed by atoms with Gasteiger partial charge in [0.2, 0.25) is 15.9 Å². The lowest BCUT2D eigenvalue weighted by atomic mass is 9.99. The van der Waals surface area contributed by atoms with Gasteiger partial charge in [0.15, 0.2) is 0 Å². The van der Waals surface area contributed by atoms with Crippen LogP contribution in [0, 0.1) is 5.92 Å². The Kier molecular flexibility index (Phi) is 6.23. The van der Waals surface area contributed by atoms with Crippen molar-refractivity contribution < 1.29 is 13.2 Å². The molecule has 0 spiro atoms. The van der Waals surface area contributed by atoms with Gasteiger partial charge >= 0.3 is 0 Å². The van der Waals surface area contributed by atoms with Gasteiger partial charge in [0.25, 0.3) is 0 Å². The molecule has 1 N–H and O–H groups in total.